The highest BCUT2D eigenvalue weighted by Crippen LogP contribution is 2.26. The number of carbonyl (C=O) groups excluding carboxylic acids is 2. The van der Waals surface area contributed by atoms with Crippen molar-refractivity contribution in [3.05, 3.63) is 64.9 Å². The van der Waals surface area contributed by atoms with Gasteiger partial charge >= 0.3 is 0 Å². The molecular formula is C23H26ClN5O3S. The zero-order valence-corrected chi connectivity index (χ0v) is 20.4. The normalized spacial score (nSPS) is 11.8. The molecule has 0 spiro atoms. The Bertz CT molecular complexity index is 1120. The van der Waals surface area contributed by atoms with Crippen molar-refractivity contribution in [2.45, 2.75) is 25.0 Å². The van der Waals surface area contributed by atoms with Crippen LogP contribution in [0.4, 0.5) is 5.69 Å². The minimum Gasteiger partial charge on any atom is -0.495 e. The van der Waals surface area contributed by atoms with E-state index < -0.39 is 0 Å². The van der Waals surface area contributed by atoms with Gasteiger partial charge in [-0.25, -0.2) is 0 Å². The van der Waals surface area contributed by atoms with Gasteiger partial charge in [0.1, 0.15) is 5.75 Å². The molecule has 3 rings (SSSR count). The number of thioether (sulfide) groups is 1. The van der Waals surface area contributed by atoms with Gasteiger partial charge in [-0.05, 0) is 42.3 Å². The van der Waals surface area contributed by atoms with Gasteiger partial charge in [0.2, 0.25) is 5.91 Å². The number of nitrogens with zero attached hydrogens (tertiary/aromatic N) is 3. The van der Waals surface area contributed by atoms with Gasteiger partial charge < -0.3 is 19.9 Å². The fourth-order valence-electron chi connectivity index (χ4n) is 3.14. The summed E-state index contributed by atoms with van der Waals surface area (Å²) in [6.45, 7) is 3.99. The van der Waals surface area contributed by atoms with Crippen molar-refractivity contribution in [1.29, 1.82) is 0 Å². The molecule has 2 aromatic carbocycles. The third kappa shape index (κ3) is 6.27. The maximum Gasteiger partial charge on any atom is 0.251 e. The lowest BCUT2D eigenvalue weighted by Gasteiger charge is -2.21. The van der Waals surface area contributed by atoms with Crippen molar-refractivity contribution in [3.8, 4) is 5.75 Å². The van der Waals surface area contributed by atoms with Crippen molar-refractivity contribution in [1.82, 2.24) is 20.1 Å². The summed E-state index contributed by atoms with van der Waals surface area (Å²) in [4.78, 5) is 25.2. The molecule has 0 aliphatic rings. The molecule has 8 nitrogen and oxygen atoms in total. The SMILES string of the molecule is COc1ccccc1NC(=O)CSc1nnc([C@H](NC(=O)c2ccc(Cl)cc2)C(C)C)n1C. The minimum absolute atomic E-state index is 0.0656. The fraction of sp³-hybridized carbons (Fsp3) is 0.304. The Morgan fingerprint density at radius 2 is 1.82 bits per heavy atom. The van der Waals surface area contributed by atoms with Crippen LogP contribution in [0.25, 0.3) is 0 Å². The van der Waals surface area contributed by atoms with Crippen LogP contribution in [0.1, 0.15) is 36.1 Å². The summed E-state index contributed by atoms with van der Waals surface area (Å²) in [5.74, 6) is 1.00. The third-order valence-electron chi connectivity index (χ3n) is 4.92. The predicted octanol–water partition coefficient (Wildman–Crippen LogP) is 4.34. The minimum atomic E-state index is -0.359. The van der Waals surface area contributed by atoms with Gasteiger partial charge in [0.05, 0.1) is 24.6 Å². The highest BCUT2D eigenvalue weighted by atomic mass is 35.5. The van der Waals surface area contributed by atoms with E-state index in [-0.39, 0.29) is 29.5 Å². The van der Waals surface area contributed by atoms with E-state index in [2.05, 4.69) is 20.8 Å². The average molecular weight is 488 g/mol. The zero-order valence-electron chi connectivity index (χ0n) is 18.8. The number of ether oxygens (including phenoxy) is 1. The summed E-state index contributed by atoms with van der Waals surface area (Å²) in [6.07, 6.45) is 0. The summed E-state index contributed by atoms with van der Waals surface area (Å²) in [7, 11) is 3.37. The second-order valence-electron chi connectivity index (χ2n) is 7.64. The number of rotatable bonds is 9. The molecule has 33 heavy (non-hydrogen) atoms. The van der Waals surface area contributed by atoms with Crippen molar-refractivity contribution in [2.24, 2.45) is 13.0 Å². The first-order chi connectivity index (χ1) is 15.8. The number of aromatic nitrogens is 3. The summed E-state index contributed by atoms with van der Waals surface area (Å²) in [6, 6.07) is 13.6. The van der Waals surface area contributed by atoms with Crippen molar-refractivity contribution >= 4 is 40.9 Å². The number of anilines is 1. The lowest BCUT2D eigenvalue weighted by molar-refractivity contribution is -0.113. The first-order valence-electron chi connectivity index (χ1n) is 10.3. The smallest absolute Gasteiger partial charge is 0.251 e. The molecule has 0 fully saturated rings. The lowest BCUT2D eigenvalue weighted by Crippen LogP contribution is -2.33. The molecule has 0 saturated heterocycles. The molecule has 10 heteroatoms. The van der Waals surface area contributed by atoms with Crippen LogP contribution in [0.2, 0.25) is 5.02 Å². The first-order valence-corrected chi connectivity index (χ1v) is 11.7. The first kappa shape index (κ1) is 24.6. The van der Waals surface area contributed by atoms with E-state index in [9.17, 15) is 9.59 Å². The number of halogens is 1. The second-order valence-corrected chi connectivity index (χ2v) is 9.02. The standard InChI is InChI=1S/C23H26ClN5O3S/c1-14(2)20(26-22(31)15-9-11-16(24)12-10-15)21-27-28-23(29(21)3)33-13-19(30)25-17-7-5-6-8-18(17)32-4/h5-12,14,20H,13H2,1-4H3,(H,25,30)(H,26,31)/t20-/m1/s1. The Labute approximate surface area is 202 Å². The number of nitrogens with one attached hydrogen (secondary N) is 2. The van der Waals surface area contributed by atoms with E-state index in [4.69, 9.17) is 16.3 Å². The van der Waals surface area contributed by atoms with Crippen LogP contribution in [0, 0.1) is 5.92 Å². The van der Waals surface area contributed by atoms with E-state index in [1.54, 1.807) is 48.1 Å². The topological polar surface area (TPSA) is 98.1 Å². The van der Waals surface area contributed by atoms with E-state index in [0.29, 0.717) is 33.0 Å². The predicted molar refractivity (Wildman–Crippen MR) is 130 cm³/mol. The van der Waals surface area contributed by atoms with Crippen LogP contribution < -0.4 is 15.4 Å². The molecule has 1 aromatic heterocycles. The van der Waals surface area contributed by atoms with Crippen LogP contribution >= 0.6 is 23.4 Å². The van der Waals surface area contributed by atoms with Crippen LogP contribution in [0.15, 0.2) is 53.7 Å². The number of amides is 2. The molecule has 174 valence electrons. The number of carbonyl (C=O) groups is 2. The van der Waals surface area contributed by atoms with Crippen molar-refractivity contribution < 1.29 is 14.3 Å². The quantitative estimate of drug-likeness (QED) is 0.436. The molecule has 1 heterocycles. The fourth-order valence-corrected chi connectivity index (χ4v) is 3.99. The van der Waals surface area contributed by atoms with E-state index >= 15 is 0 Å². The number of hydrogen-bond acceptors (Lipinski definition) is 6. The van der Waals surface area contributed by atoms with Crippen molar-refractivity contribution in [3.63, 3.8) is 0 Å². The van der Waals surface area contributed by atoms with Gasteiger partial charge in [-0.2, -0.15) is 0 Å². The van der Waals surface area contributed by atoms with Gasteiger partial charge in [-0.15, -0.1) is 10.2 Å². The molecule has 3 aromatic rings. The van der Waals surface area contributed by atoms with Crippen LogP contribution in [0.3, 0.4) is 0 Å². The number of methoxy groups -OCH3 is 1. The molecule has 0 saturated carbocycles. The van der Waals surface area contributed by atoms with Gasteiger partial charge in [0.25, 0.3) is 5.91 Å². The lowest BCUT2D eigenvalue weighted by atomic mass is 10.0. The van der Waals surface area contributed by atoms with Crippen LogP contribution in [0.5, 0.6) is 5.75 Å². The molecule has 0 bridgehead atoms. The van der Waals surface area contributed by atoms with E-state index in [1.807, 2.05) is 33.0 Å². The molecule has 0 aliphatic heterocycles. The van der Waals surface area contributed by atoms with Gasteiger partial charge in [0.15, 0.2) is 11.0 Å². The summed E-state index contributed by atoms with van der Waals surface area (Å²) >= 11 is 7.18. The van der Waals surface area contributed by atoms with Crippen molar-refractivity contribution in [2.75, 3.05) is 18.2 Å². The molecule has 2 N–H and O–H groups in total. The van der Waals surface area contributed by atoms with Crippen LogP contribution in [-0.2, 0) is 11.8 Å². The summed E-state index contributed by atoms with van der Waals surface area (Å²) in [5.41, 5.74) is 1.11. The summed E-state index contributed by atoms with van der Waals surface area (Å²) in [5, 5.41) is 15.5. The van der Waals surface area contributed by atoms with E-state index in [1.165, 1.54) is 11.8 Å². The van der Waals surface area contributed by atoms with Gasteiger partial charge in [-0.1, -0.05) is 49.3 Å². The molecule has 0 aliphatic carbocycles. The average Bonchev–Trinajstić information content (AvgIpc) is 3.16. The molecule has 2 amide bonds. The highest BCUT2D eigenvalue weighted by Gasteiger charge is 2.25. The maximum atomic E-state index is 12.7. The second kappa shape index (κ2) is 11.2. The molecular weight excluding hydrogens is 462 g/mol. The van der Waals surface area contributed by atoms with Gasteiger partial charge in [-0.3, -0.25) is 9.59 Å². The largest absolute Gasteiger partial charge is 0.495 e. The van der Waals surface area contributed by atoms with E-state index in [0.717, 1.165) is 0 Å². The maximum absolute atomic E-state index is 12.7. The number of para-hydroxylation sites is 2. The number of hydrogen-bond donors (Lipinski definition) is 2. The zero-order chi connectivity index (χ0) is 24.0. The Morgan fingerprint density at radius 1 is 1.12 bits per heavy atom. The van der Waals surface area contributed by atoms with Crippen LogP contribution in [-0.4, -0.2) is 39.4 Å². The highest BCUT2D eigenvalue weighted by molar-refractivity contribution is 7.99. The molecule has 0 radical (unpaired) electrons. The Morgan fingerprint density at radius 3 is 2.48 bits per heavy atom. The summed E-state index contributed by atoms with van der Waals surface area (Å²) < 4.78 is 7.06. The molecule has 1 atom stereocenters. The number of benzene rings is 2. The Hall–Kier alpha value is -3.04. The monoisotopic (exact) mass is 487 g/mol. The molecule has 0 unspecified atom stereocenters. The van der Waals surface area contributed by atoms with Gasteiger partial charge in [0, 0.05) is 17.6 Å². The Balaban J connectivity index is 1.66. The third-order valence-corrected chi connectivity index (χ3v) is 6.19. The Kier molecular flexibility index (Phi) is 8.35.